The number of nitrogens with zero attached hydrogens (tertiary/aromatic N) is 1. The summed E-state index contributed by atoms with van der Waals surface area (Å²) < 4.78 is 0. The second-order valence-electron chi connectivity index (χ2n) is 4.77. The average Bonchev–Trinajstić information content (AvgIpc) is 2.42. The van der Waals surface area contributed by atoms with Crippen LogP contribution in [0.4, 0.5) is 5.69 Å². The van der Waals surface area contributed by atoms with E-state index in [-0.39, 0.29) is 0 Å². The normalized spacial score (nSPS) is 24.5. The maximum absolute atomic E-state index is 9.94. The van der Waals surface area contributed by atoms with Crippen molar-refractivity contribution in [2.45, 2.75) is 12.6 Å². The molecule has 1 aromatic rings. The quantitative estimate of drug-likeness (QED) is 0.539. The van der Waals surface area contributed by atoms with Gasteiger partial charge in [-0.2, -0.15) is 5.10 Å². The molecule has 0 amide bonds. The van der Waals surface area contributed by atoms with E-state index in [1.54, 1.807) is 0 Å². The Kier molecular flexibility index (Phi) is 2.00. The Morgan fingerprint density at radius 1 is 1.33 bits per heavy atom. The Hall–Kier alpha value is -1.85. The van der Waals surface area contributed by atoms with Gasteiger partial charge in [-0.25, -0.2) is 0 Å². The van der Waals surface area contributed by atoms with Gasteiger partial charge < -0.3 is 15.7 Å². The first-order valence-corrected chi connectivity index (χ1v) is 6.19. The summed E-state index contributed by atoms with van der Waals surface area (Å²) in [6, 6.07) is 5.93. The van der Waals surface area contributed by atoms with Gasteiger partial charge >= 0.3 is 0 Å². The molecule has 3 heterocycles. The number of aliphatic hydroxyl groups is 1. The summed E-state index contributed by atoms with van der Waals surface area (Å²) >= 11 is 0. The zero-order chi connectivity index (χ0) is 12.1. The van der Waals surface area contributed by atoms with Crippen LogP contribution in [-0.4, -0.2) is 23.9 Å². The van der Waals surface area contributed by atoms with Crippen molar-refractivity contribution in [2.24, 2.45) is 5.10 Å². The molecule has 0 radical (unpaired) electrons. The lowest BCUT2D eigenvalue weighted by Gasteiger charge is -2.34. The van der Waals surface area contributed by atoms with Crippen LogP contribution >= 0.6 is 0 Å². The van der Waals surface area contributed by atoms with Crippen molar-refractivity contribution in [3.63, 3.8) is 0 Å². The highest BCUT2D eigenvalue weighted by atomic mass is 16.3. The average molecular weight is 242 g/mol. The summed E-state index contributed by atoms with van der Waals surface area (Å²) in [5.74, 6) is 0. The fourth-order valence-corrected chi connectivity index (χ4v) is 2.86. The number of anilines is 1. The molecule has 0 saturated heterocycles. The minimum Gasteiger partial charge on any atom is -0.368 e. The minimum atomic E-state index is -0.714. The van der Waals surface area contributed by atoms with Crippen LogP contribution in [0.25, 0.3) is 0 Å². The first-order chi connectivity index (χ1) is 8.84. The fraction of sp³-hybridized carbons (Fsp3) is 0.308. The Balaban J connectivity index is 1.96. The minimum absolute atomic E-state index is 0.714. The third kappa shape index (κ3) is 1.26. The lowest BCUT2D eigenvalue weighted by Crippen LogP contribution is -2.37. The monoisotopic (exact) mass is 242 g/mol. The molecule has 18 heavy (non-hydrogen) atoms. The van der Waals surface area contributed by atoms with Crippen LogP contribution in [0, 0.1) is 0 Å². The number of hydrogen-bond acceptors (Lipinski definition) is 5. The molecular formula is C13H14N4O. The molecule has 1 aromatic carbocycles. The van der Waals surface area contributed by atoms with Crippen molar-refractivity contribution in [3.8, 4) is 0 Å². The van der Waals surface area contributed by atoms with Gasteiger partial charge in [-0.15, -0.1) is 0 Å². The van der Waals surface area contributed by atoms with E-state index in [0.717, 1.165) is 42.0 Å². The van der Waals surface area contributed by atoms with E-state index in [2.05, 4.69) is 21.2 Å². The molecule has 5 nitrogen and oxygen atoms in total. The van der Waals surface area contributed by atoms with Crippen molar-refractivity contribution in [1.82, 2.24) is 10.7 Å². The van der Waals surface area contributed by atoms with E-state index < -0.39 is 6.23 Å². The van der Waals surface area contributed by atoms with E-state index in [4.69, 9.17) is 0 Å². The summed E-state index contributed by atoms with van der Waals surface area (Å²) in [4.78, 5) is 0. The molecule has 1 atom stereocenters. The highest BCUT2D eigenvalue weighted by Gasteiger charge is 2.31. The van der Waals surface area contributed by atoms with Crippen LogP contribution in [0.5, 0.6) is 0 Å². The second kappa shape index (κ2) is 3.57. The first-order valence-electron chi connectivity index (χ1n) is 6.19. The lowest BCUT2D eigenvalue weighted by molar-refractivity contribution is 0.138. The van der Waals surface area contributed by atoms with Crippen LogP contribution in [0.1, 0.15) is 23.8 Å². The topological polar surface area (TPSA) is 68.7 Å². The Morgan fingerprint density at radius 3 is 3.22 bits per heavy atom. The van der Waals surface area contributed by atoms with Gasteiger partial charge in [0.1, 0.15) is 0 Å². The number of rotatable bonds is 0. The van der Waals surface area contributed by atoms with Crippen LogP contribution in [0.15, 0.2) is 34.6 Å². The molecule has 0 saturated carbocycles. The number of aliphatic hydroxyl groups excluding tert-OH is 1. The molecule has 0 bridgehead atoms. The smallest absolute Gasteiger partial charge is 0.166 e. The third-order valence-electron chi connectivity index (χ3n) is 3.72. The van der Waals surface area contributed by atoms with E-state index in [1.165, 1.54) is 11.3 Å². The molecule has 5 heteroatoms. The van der Waals surface area contributed by atoms with Crippen molar-refractivity contribution in [3.05, 3.63) is 40.6 Å². The van der Waals surface area contributed by atoms with Crippen LogP contribution in [0.2, 0.25) is 0 Å². The Bertz CT molecular complexity index is 591. The summed E-state index contributed by atoms with van der Waals surface area (Å²) in [7, 11) is 0. The molecule has 3 aliphatic heterocycles. The number of hydrazone groups is 1. The van der Waals surface area contributed by atoms with E-state index in [9.17, 15) is 5.11 Å². The largest absolute Gasteiger partial charge is 0.368 e. The Morgan fingerprint density at radius 2 is 2.28 bits per heavy atom. The number of nitrogens with one attached hydrogen (secondary N) is 3. The van der Waals surface area contributed by atoms with Gasteiger partial charge in [0.2, 0.25) is 0 Å². The number of benzene rings is 1. The molecule has 0 aliphatic carbocycles. The maximum Gasteiger partial charge on any atom is 0.166 e. The summed E-state index contributed by atoms with van der Waals surface area (Å²) in [6.45, 7) is 1.82. The molecule has 4 rings (SSSR count). The molecular weight excluding hydrogens is 228 g/mol. The van der Waals surface area contributed by atoms with Gasteiger partial charge in [-0.3, -0.25) is 5.43 Å². The van der Waals surface area contributed by atoms with Crippen molar-refractivity contribution < 1.29 is 5.11 Å². The Labute approximate surface area is 105 Å². The maximum atomic E-state index is 9.94. The van der Waals surface area contributed by atoms with Gasteiger partial charge in [0.15, 0.2) is 6.23 Å². The fourth-order valence-electron chi connectivity index (χ4n) is 2.86. The van der Waals surface area contributed by atoms with Gasteiger partial charge in [0, 0.05) is 34.6 Å². The highest BCUT2D eigenvalue weighted by Crippen LogP contribution is 2.36. The third-order valence-corrected chi connectivity index (χ3v) is 3.72. The molecule has 1 unspecified atom stereocenters. The lowest BCUT2D eigenvalue weighted by atomic mass is 9.87. The van der Waals surface area contributed by atoms with Gasteiger partial charge in [-0.1, -0.05) is 12.1 Å². The summed E-state index contributed by atoms with van der Waals surface area (Å²) in [5, 5.41) is 21.1. The zero-order valence-corrected chi connectivity index (χ0v) is 9.83. The zero-order valence-electron chi connectivity index (χ0n) is 9.83. The van der Waals surface area contributed by atoms with E-state index in [1.807, 2.05) is 18.2 Å². The summed E-state index contributed by atoms with van der Waals surface area (Å²) in [6.07, 6.45) is 0.251. The van der Waals surface area contributed by atoms with Crippen molar-refractivity contribution in [2.75, 3.05) is 18.4 Å². The van der Waals surface area contributed by atoms with Crippen molar-refractivity contribution >= 4 is 11.4 Å². The van der Waals surface area contributed by atoms with Crippen LogP contribution in [0.3, 0.4) is 0 Å². The van der Waals surface area contributed by atoms with Crippen LogP contribution < -0.4 is 16.1 Å². The molecule has 3 aliphatic rings. The predicted octanol–water partition coefficient (Wildman–Crippen LogP) is 0.658. The van der Waals surface area contributed by atoms with Gasteiger partial charge in [0.25, 0.3) is 0 Å². The van der Waals surface area contributed by atoms with Crippen molar-refractivity contribution in [1.29, 1.82) is 0 Å². The molecule has 0 aromatic heterocycles. The van der Waals surface area contributed by atoms with Gasteiger partial charge in [0.05, 0.1) is 5.71 Å². The molecule has 0 spiro atoms. The number of fused-ring (bicyclic) bond motifs is 1. The summed E-state index contributed by atoms with van der Waals surface area (Å²) in [5.41, 5.74) is 9.22. The van der Waals surface area contributed by atoms with Gasteiger partial charge in [-0.05, 0) is 19.0 Å². The molecule has 92 valence electrons. The highest BCUT2D eigenvalue weighted by molar-refractivity contribution is 6.19. The standard InChI is InChI=1S/C13H14N4O/c18-13-8-2-1-3-9-11(8)12(16-17-13)7-4-5-14-6-10(7)15-9/h1-3,13-15,17-18H,4-6H2. The molecule has 0 fully saturated rings. The predicted molar refractivity (Wildman–Crippen MR) is 69.2 cm³/mol. The number of hydrogen-bond donors (Lipinski definition) is 4. The van der Waals surface area contributed by atoms with Crippen LogP contribution in [-0.2, 0) is 0 Å². The second-order valence-corrected chi connectivity index (χ2v) is 4.77. The molecule has 4 N–H and O–H groups in total. The van der Waals surface area contributed by atoms with E-state index >= 15 is 0 Å². The SMILES string of the molecule is OC1NN=C2C3=C(CNCC3)Nc3cccc1c32. The first kappa shape index (κ1) is 10.1. The van der Waals surface area contributed by atoms with E-state index in [0.29, 0.717) is 0 Å².